The highest BCUT2D eigenvalue weighted by Crippen LogP contribution is 2.28. The van der Waals surface area contributed by atoms with Crippen LogP contribution in [0.4, 0.5) is 5.95 Å². The number of para-hydroxylation sites is 2. The van der Waals surface area contributed by atoms with Gasteiger partial charge in [-0.2, -0.15) is 5.10 Å². The lowest BCUT2D eigenvalue weighted by Gasteiger charge is -2.19. The summed E-state index contributed by atoms with van der Waals surface area (Å²) in [5, 5.41) is 4.23. The van der Waals surface area contributed by atoms with Crippen molar-refractivity contribution in [3.8, 4) is 11.5 Å². The minimum Gasteiger partial charge on any atom is -0.490 e. The molecular weight excluding hydrogens is 382 g/mol. The molecule has 3 rings (SSSR count). The van der Waals surface area contributed by atoms with Crippen molar-refractivity contribution < 1.29 is 14.3 Å². The second kappa shape index (κ2) is 10.3. The number of likely N-dealkylation sites (N-methyl/N-ethyl adjacent to an activating group) is 1. The molecule has 0 aliphatic carbocycles. The molecule has 0 saturated carbocycles. The van der Waals surface area contributed by atoms with Gasteiger partial charge in [-0.3, -0.25) is 4.79 Å². The van der Waals surface area contributed by atoms with E-state index >= 15 is 0 Å². The van der Waals surface area contributed by atoms with Gasteiger partial charge in [0, 0.05) is 13.1 Å². The van der Waals surface area contributed by atoms with Gasteiger partial charge in [-0.15, -0.1) is 0 Å². The van der Waals surface area contributed by atoms with Gasteiger partial charge in [-0.25, -0.2) is 10.4 Å². The zero-order chi connectivity index (χ0) is 21.3. The van der Waals surface area contributed by atoms with Gasteiger partial charge in [0.1, 0.15) is 0 Å². The number of ether oxygens (including phenoxy) is 2. The first kappa shape index (κ1) is 21.2. The number of H-pyrrole nitrogens is 1. The van der Waals surface area contributed by atoms with E-state index in [4.69, 9.17) is 9.47 Å². The maximum atomic E-state index is 12.2. The van der Waals surface area contributed by atoms with Crippen molar-refractivity contribution in [1.82, 2.24) is 14.9 Å². The normalized spacial score (nSPS) is 11.0. The summed E-state index contributed by atoms with van der Waals surface area (Å²) in [6.07, 6.45) is 1.67. The molecule has 0 aliphatic heterocycles. The van der Waals surface area contributed by atoms with Crippen LogP contribution in [0.2, 0.25) is 0 Å². The van der Waals surface area contributed by atoms with Gasteiger partial charge in [0.2, 0.25) is 5.95 Å². The smallest absolute Gasteiger partial charge is 0.260 e. The van der Waals surface area contributed by atoms with E-state index in [1.54, 1.807) is 17.2 Å². The van der Waals surface area contributed by atoms with Crippen LogP contribution in [0.25, 0.3) is 11.0 Å². The third-order valence-electron chi connectivity index (χ3n) is 4.51. The van der Waals surface area contributed by atoms with Crippen molar-refractivity contribution in [1.29, 1.82) is 0 Å². The zero-order valence-corrected chi connectivity index (χ0v) is 17.5. The van der Waals surface area contributed by atoms with E-state index in [0.717, 1.165) is 16.6 Å². The average molecular weight is 409 g/mol. The fraction of sp³-hybridized carbons (Fsp3) is 0.318. The maximum Gasteiger partial charge on any atom is 0.260 e. The summed E-state index contributed by atoms with van der Waals surface area (Å²) in [5.41, 5.74) is 5.53. The van der Waals surface area contributed by atoms with E-state index < -0.39 is 0 Å². The lowest BCUT2D eigenvalue weighted by Crippen LogP contribution is -2.34. The van der Waals surface area contributed by atoms with E-state index in [9.17, 15) is 4.79 Å². The Kier molecular flexibility index (Phi) is 7.26. The summed E-state index contributed by atoms with van der Waals surface area (Å²) in [5.74, 6) is 1.60. The first-order valence-corrected chi connectivity index (χ1v) is 10.1. The number of carbonyl (C=O) groups is 1. The third-order valence-corrected chi connectivity index (χ3v) is 4.51. The number of anilines is 1. The molecule has 1 aromatic heterocycles. The zero-order valence-electron chi connectivity index (χ0n) is 17.5. The van der Waals surface area contributed by atoms with Crippen LogP contribution >= 0.6 is 0 Å². The quantitative estimate of drug-likeness (QED) is 0.394. The number of carbonyl (C=O) groups excluding carboxylic acids is 1. The Balaban J connectivity index is 1.66. The number of nitrogens with one attached hydrogen (secondary N) is 2. The van der Waals surface area contributed by atoms with Gasteiger partial charge in [-0.1, -0.05) is 12.1 Å². The van der Waals surface area contributed by atoms with Crippen LogP contribution in [0.15, 0.2) is 47.6 Å². The molecule has 3 aromatic rings. The average Bonchev–Trinajstić information content (AvgIpc) is 3.17. The number of nitrogens with zero attached hydrogens (tertiary/aromatic N) is 3. The van der Waals surface area contributed by atoms with Crippen molar-refractivity contribution >= 4 is 29.1 Å². The standard InChI is InChI=1S/C22H27N5O3/c1-4-27(5-2)21(28)15-30-19-12-11-16(13-20(19)29-6-3)14-23-26-22-24-17-9-7-8-10-18(17)25-22/h7-14H,4-6,15H2,1-3H3,(H2,24,25,26)/b23-14-. The number of hydrogen-bond acceptors (Lipinski definition) is 6. The number of amides is 1. The molecule has 158 valence electrons. The topological polar surface area (TPSA) is 91.8 Å². The first-order valence-electron chi connectivity index (χ1n) is 10.1. The molecule has 2 aromatic carbocycles. The Morgan fingerprint density at radius 2 is 1.93 bits per heavy atom. The fourth-order valence-electron chi connectivity index (χ4n) is 2.97. The van der Waals surface area contributed by atoms with Gasteiger partial charge in [0.25, 0.3) is 5.91 Å². The van der Waals surface area contributed by atoms with Crippen LogP contribution < -0.4 is 14.9 Å². The second-order valence-electron chi connectivity index (χ2n) is 6.47. The van der Waals surface area contributed by atoms with Gasteiger partial charge in [-0.05, 0) is 56.7 Å². The molecule has 1 heterocycles. The molecule has 1 amide bonds. The molecule has 0 saturated heterocycles. The number of aromatic amines is 1. The summed E-state index contributed by atoms with van der Waals surface area (Å²) >= 11 is 0. The Hall–Kier alpha value is -3.55. The monoisotopic (exact) mass is 409 g/mol. The van der Waals surface area contributed by atoms with Crippen molar-refractivity contribution in [2.75, 3.05) is 31.7 Å². The van der Waals surface area contributed by atoms with Gasteiger partial charge < -0.3 is 19.4 Å². The van der Waals surface area contributed by atoms with Crippen LogP contribution in [0, 0.1) is 0 Å². The Bertz CT molecular complexity index is 978. The summed E-state index contributed by atoms with van der Waals surface area (Å²) in [6, 6.07) is 13.2. The SMILES string of the molecule is CCOc1cc(/C=N\Nc2nc3ccccc3[nH]2)ccc1OCC(=O)N(CC)CC. The number of hydrogen-bond donors (Lipinski definition) is 2. The molecule has 0 aliphatic rings. The van der Waals surface area contributed by atoms with Crippen molar-refractivity contribution in [3.63, 3.8) is 0 Å². The lowest BCUT2D eigenvalue weighted by molar-refractivity contribution is -0.132. The van der Waals surface area contributed by atoms with Crippen LogP contribution in [-0.4, -0.2) is 53.3 Å². The van der Waals surface area contributed by atoms with E-state index in [1.165, 1.54) is 0 Å². The molecule has 0 atom stereocenters. The van der Waals surface area contributed by atoms with Crippen LogP contribution in [0.3, 0.4) is 0 Å². The first-order chi connectivity index (χ1) is 14.6. The largest absolute Gasteiger partial charge is 0.490 e. The number of imidazole rings is 1. The number of hydrazone groups is 1. The molecule has 0 fully saturated rings. The lowest BCUT2D eigenvalue weighted by atomic mass is 10.2. The van der Waals surface area contributed by atoms with Crippen molar-refractivity contribution in [2.24, 2.45) is 5.10 Å². The maximum absolute atomic E-state index is 12.2. The minimum atomic E-state index is -0.0527. The molecule has 30 heavy (non-hydrogen) atoms. The molecule has 2 N–H and O–H groups in total. The minimum absolute atomic E-state index is 0.0250. The van der Waals surface area contributed by atoms with E-state index in [1.807, 2.05) is 57.2 Å². The Labute approximate surface area is 175 Å². The molecule has 8 heteroatoms. The Morgan fingerprint density at radius 3 is 2.67 bits per heavy atom. The highest BCUT2D eigenvalue weighted by Gasteiger charge is 2.13. The van der Waals surface area contributed by atoms with E-state index in [-0.39, 0.29) is 12.5 Å². The van der Waals surface area contributed by atoms with E-state index in [2.05, 4.69) is 20.5 Å². The number of benzene rings is 2. The third kappa shape index (κ3) is 5.28. The fourth-order valence-corrected chi connectivity index (χ4v) is 2.97. The molecule has 0 unspecified atom stereocenters. The summed E-state index contributed by atoms with van der Waals surface area (Å²) in [4.78, 5) is 21.5. The second-order valence-corrected chi connectivity index (χ2v) is 6.47. The number of aromatic nitrogens is 2. The molecule has 0 radical (unpaired) electrons. The van der Waals surface area contributed by atoms with Gasteiger partial charge in [0.05, 0.1) is 23.9 Å². The number of fused-ring (bicyclic) bond motifs is 1. The van der Waals surface area contributed by atoms with E-state index in [0.29, 0.717) is 37.1 Å². The molecule has 8 nitrogen and oxygen atoms in total. The predicted molar refractivity (Wildman–Crippen MR) is 118 cm³/mol. The summed E-state index contributed by atoms with van der Waals surface area (Å²) < 4.78 is 11.4. The highest BCUT2D eigenvalue weighted by molar-refractivity contribution is 5.82. The van der Waals surface area contributed by atoms with Gasteiger partial charge in [0.15, 0.2) is 18.1 Å². The van der Waals surface area contributed by atoms with Crippen molar-refractivity contribution in [3.05, 3.63) is 48.0 Å². The molecule has 0 bridgehead atoms. The predicted octanol–water partition coefficient (Wildman–Crippen LogP) is 3.65. The highest BCUT2D eigenvalue weighted by atomic mass is 16.5. The number of rotatable bonds is 10. The molecular formula is C22H27N5O3. The van der Waals surface area contributed by atoms with Crippen LogP contribution in [0.1, 0.15) is 26.3 Å². The van der Waals surface area contributed by atoms with Crippen molar-refractivity contribution in [2.45, 2.75) is 20.8 Å². The van der Waals surface area contributed by atoms with Gasteiger partial charge >= 0.3 is 0 Å². The Morgan fingerprint density at radius 1 is 1.13 bits per heavy atom. The van der Waals surface area contributed by atoms with Crippen LogP contribution in [0.5, 0.6) is 11.5 Å². The molecule has 0 spiro atoms. The van der Waals surface area contributed by atoms with Crippen LogP contribution in [-0.2, 0) is 4.79 Å². The summed E-state index contributed by atoms with van der Waals surface area (Å²) in [6.45, 7) is 7.56. The summed E-state index contributed by atoms with van der Waals surface area (Å²) in [7, 11) is 0.